The zero-order valence-electron chi connectivity index (χ0n) is 13.7. The molecule has 0 saturated carbocycles. The van der Waals surface area contributed by atoms with Crippen molar-refractivity contribution in [2.24, 2.45) is 0 Å². The summed E-state index contributed by atoms with van der Waals surface area (Å²) in [6, 6.07) is 4.10. The topological polar surface area (TPSA) is 105 Å². The number of sulfonamides is 1. The van der Waals surface area contributed by atoms with Crippen molar-refractivity contribution in [3.05, 3.63) is 23.8 Å². The van der Waals surface area contributed by atoms with E-state index in [0.717, 1.165) is 32.3 Å². The van der Waals surface area contributed by atoms with Crippen molar-refractivity contribution in [1.82, 2.24) is 4.72 Å². The van der Waals surface area contributed by atoms with Crippen LogP contribution in [0.15, 0.2) is 23.1 Å². The molecule has 3 N–H and O–H groups in total. The van der Waals surface area contributed by atoms with Crippen LogP contribution in [0.1, 0.15) is 43.0 Å². The molecule has 0 spiro atoms. The summed E-state index contributed by atoms with van der Waals surface area (Å²) in [4.78, 5) is 11.4. The highest BCUT2D eigenvalue weighted by atomic mass is 32.2. The number of benzene rings is 1. The van der Waals surface area contributed by atoms with E-state index in [4.69, 9.17) is 4.74 Å². The number of carbonyl (C=O) groups is 1. The van der Waals surface area contributed by atoms with Gasteiger partial charge >= 0.3 is 5.97 Å². The van der Waals surface area contributed by atoms with Crippen molar-refractivity contribution in [1.29, 1.82) is 0 Å². The number of rotatable bonds is 9. The summed E-state index contributed by atoms with van der Waals surface area (Å²) in [5.74, 6) is -1.17. The molecule has 1 aliphatic rings. The second-order valence-corrected chi connectivity index (χ2v) is 7.55. The molecule has 0 radical (unpaired) electrons. The number of anilines is 1. The van der Waals surface area contributed by atoms with E-state index in [1.54, 1.807) is 0 Å². The maximum atomic E-state index is 12.2. The summed E-state index contributed by atoms with van der Waals surface area (Å²) >= 11 is 0. The first-order valence-corrected chi connectivity index (χ1v) is 9.65. The highest BCUT2D eigenvalue weighted by molar-refractivity contribution is 7.89. The van der Waals surface area contributed by atoms with Gasteiger partial charge in [0.1, 0.15) is 0 Å². The van der Waals surface area contributed by atoms with E-state index >= 15 is 0 Å². The molecular weight excluding hydrogens is 332 g/mol. The maximum Gasteiger partial charge on any atom is 0.337 e. The molecule has 1 heterocycles. The zero-order valence-corrected chi connectivity index (χ0v) is 14.6. The molecule has 0 aromatic heterocycles. The van der Waals surface area contributed by atoms with Gasteiger partial charge < -0.3 is 15.2 Å². The van der Waals surface area contributed by atoms with Gasteiger partial charge in [-0.1, -0.05) is 13.3 Å². The SMILES string of the molecule is CCCCNS(=O)(=O)c1ccc(NC[C@H]2CCCO2)c(C(=O)O)c1. The lowest BCUT2D eigenvalue weighted by Crippen LogP contribution is -2.25. The number of hydrogen-bond donors (Lipinski definition) is 3. The molecule has 1 fully saturated rings. The fraction of sp³-hybridized carbons (Fsp3) is 0.562. The fourth-order valence-electron chi connectivity index (χ4n) is 2.52. The third-order valence-corrected chi connectivity index (χ3v) is 5.36. The molecule has 1 aliphatic heterocycles. The standard InChI is InChI=1S/C16H24N2O5S/c1-2-3-8-18-24(21,22)13-6-7-15(14(10-13)16(19)20)17-11-12-5-4-9-23-12/h6-7,10,12,17-18H,2-5,8-9,11H2,1H3,(H,19,20)/t12-/m1/s1. The Morgan fingerprint density at radius 1 is 1.42 bits per heavy atom. The zero-order chi connectivity index (χ0) is 17.6. The minimum absolute atomic E-state index is 0.0429. The lowest BCUT2D eigenvalue weighted by molar-refractivity contribution is 0.0697. The Labute approximate surface area is 142 Å². The third-order valence-electron chi connectivity index (χ3n) is 3.90. The molecule has 1 atom stereocenters. The number of aromatic carboxylic acids is 1. The number of ether oxygens (including phenoxy) is 1. The second kappa shape index (κ2) is 8.46. The van der Waals surface area contributed by atoms with Crippen molar-refractivity contribution < 1.29 is 23.1 Å². The number of carboxylic acids is 1. The van der Waals surface area contributed by atoms with Crippen LogP contribution in [0.2, 0.25) is 0 Å². The average molecular weight is 356 g/mol. The van der Waals surface area contributed by atoms with Crippen LogP contribution >= 0.6 is 0 Å². The number of nitrogens with one attached hydrogen (secondary N) is 2. The Balaban J connectivity index is 2.14. The minimum Gasteiger partial charge on any atom is -0.478 e. The third kappa shape index (κ3) is 4.93. The van der Waals surface area contributed by atoms with Crippen LogP contribution in [0.4, 0.5) is 5.69 Å². The van der Waals surface area contributed by atoms with Gasteiger partial charge in [0.2, 0.25) is 10.0 Å². The Kier molecular flexibility index (Phi) is 6.59. The van der Waals surface area contributed by atoms with Gasteiger partial charge in [0, 0.05) is 25.4 Å². The van der Waals surface area contributed by atoms with Gasteiger partial charge in [0.05, 0.1) is 16.6 Å². The smallest absolute Gasteiger partial charge is 0.337 e. The van der Waals surface area contributed by atoms with Crippen LogP contribution in [0.3, 0.4) is 0 Å². The predicted octanol–water partition coefficient (Wildman–Crippen LogP) is 2.05. The van der Waals surface area contributed by atoms with Crippen LogP contribution in [0.25, 0.3) is 0 Å². The second-order valence-electron chi connectivity index (χ2n) is 5.78. The Morgan fingerprint density at radius 3 is 2.83 bits per heavy atom. The van der Waals surface area contributed by atoms with Crippen molar-refractivity contribution in [2.45, 2.75) is 43.6 Å². The van der Waals surface area contributed by atoms with Crippen LogP contribution in [0, 0.1) is 0 Å². The molecule has 8 heteroatoms. The van der Waals surface area contributed by atoms with Gasteiger partial charge in [-0.25, -0.2) is 17.9 Å². The summed E-state index contributed by atoms with van der Waals surface area (Å²) in [5, 5.41) is 12.4. The largest absolute Gasteiger partial charge is 0.478 e. The Morgan fingerprint density at radius 2 is 2.21 bits per heavy atom. The monoisotopic (exact) mass is 356 g/mol. The average Bonchev–Trinajstić information content (AvgIpc) is 3.06. The maximum absolute atomic E-state index is 12.2. The van der Waals surface area contributed by atoms with E-state index in [9.17, 15) is 18.3 Å². The van der Waals surface area contributed by atoms with Crippen molar-refractivity contribution >= 4 is 21.7 Å². The van der Waals surface area contributed by atoms with Crippen LogP contribution in [-0.4, -0.2) is 45.3 Å². The summed E-state index contributed by atoms with van der Waals surface area (Å²) in [6.45, 7) is 3.52. The molecule has 0 unspecified atom stereocenters. The van der Waals surface area contributed by atoms with Gasteiger partial charge in [0.25, 0.3) is 0 Å². The predicted molar refractivity (Wildman–Crippen MR) is 91.0 cm³/mol. The highest BCUT2D eigenvalue weighted by Gasteiger charge is 2.20. The summed E-state index contributed by atoms with van der Waals surface area (Å²) < 4.78 is 32.4. The number of carboxylic acid groups (broad SMARTS) is 1. The molecule has 1 aromatic rings. The Hall–Kier alpha value is -1.64. The molecule has 7 nitrogen and oxygen atoms in total. The summed E-state index contributed by atoms with van der Waals surface area (Å²) in [5.41, 5.74) is 0.330. The Bertz CT molecular complexity index is 669. The van der Waals surface area contributed by atoms with Gasteiger partial charge in [-0.15, -0.1) is 0 Å². The molecule has 1 saturated heterocycles. The van der Waals surface area contributed by atoms with E-state index in [1.165, 1.54) is 18.2 Å². The molecule has 24 heavy (non-hydrogen) atoms. The normalized spacial score (nSPS) is 17.8. The molecular formula is C16H24N2O5S. The van der Waals surface area contributed by atoms with E-state index in [1.807, 2.05) is 6.92 Å². The number of hydrogen-bond acceptors (Lipinski definition) is 5. The van der Waals surface area contributed by atoms with Gasteiger partial charge in [-0.3, -0.25) is 0 Å². The lowest BCUT2D eigenvalue weighted by Gasteiger charge is -2.15. The van der Waals surface area contributed by atoms with E-state index < -0.39 is 16.0 Å². The van der Waals surface area contributed by atoms with Crippen molar-refractivity contribution in [2.75, 3.05) is 25.0 Å². The van der Waals surface area contributed by atoms with E-state index in [-0.39, 0.29) is 16.6 Å². The molecule has 134 valence electrons. The van der Waals surface area contributed by atoms with Crippen LogP contribution in [-0.2, 0) is 14.8 Å². The first-order valence-electron chi connectivity index (χ1n) is 8.16. The molecule has 0 aliphatic carbocycles. The highest BCUT2D eigenvalue weighted by Crippen LogP contribution is 2.22. The fourth-order valence-corrected chi connectivity index (χ4v) is 3.62. The van der Waals surface area contributed by atoms with E-state index in [0.29, 0.717) is 18.8 Å². The van der Waals surface area contributed by atoms with Crippen LogP contribution in [0.5, 0.6) is 0 Å². The van der Waals surface area contributed by atoms with Crippen molar-refractivity contribution in [3.63, 3.8) is 0 Å². The summed E-state index contributed by atoms with van der Waals surface area (Å²) in [6.07, 6.45) is 3.59. The van der Waals surface area contributed by atoms with Crippen LogP contribution < -0.4 is 10.0 Å². The molecule has 2 rings (SSSR count). The van der Waals surface area contributed by atoms with Gasteiger partial charge in [-0.05, 0) is 37.5 Å². The molecule has 0 bridgehead atoms. The minimum atomic E-state index is -3.70. The van der Waals surface area contributed by atoms with Crippen molar-refractivity contribution in [3.8, 4) is 0 Å². The van der Waals surface area contributed by atoms with E-state index in [2.05, 4.69) is 10.0 Å². The number of unbranched alkanes of at least 4 members (excludes halogenated alkanes) is 1. The van der Waals surface area contributed by atoms with Gasteiger partial charge in [-0.2, -0.15) is 0 Å². The quantitative estimate of drug-likeness (QED) is 0.585. The first-order chi connectivity index (χ1) is 11.4. The molecule has 0 amide bonds. The summed E-state index contributed by atoms with van der Waals surface area (Å²) in [7, 11) is -3.70. The lowest BCUT2D eigenvalue weighted by atomic mass is 10.1. The van der Waals surface area contributed by atoms with Gasteiger partial charge in [0.15, 0.2) is 0 Å². The first kappa shape index (κ1) is 18.7. The molecule has 1 aromatic carbocycles.